The van der Waals surface area contributed by atoms with E-state index in [4.69, 9.17) is 4.74 Å². The maximum Gasteiger partial charge on any atom is 0.232 e. The van der Waals surface area contributed by atoms with Crippen LogP contribution in [0.15, 0.2) is 10.7 Å². The highest BCUT2D eigenvalue weighted by Gasteiger charge is 2.14. The average Bonchev–Trinajstić information content (AvgIpc) is 2.42. The Morgan fingerprint density at radius 1 is 1.42 bits per heavy atom. The van der Waals surface area contributed by atoms with E-state index in [1.807, 2.05) is 0 Å². The van der Waals surface area contributed by atoms with Gasteiger partial charge in [-0.3, -0.25) is 0 Å². The number of aromatic nitrogens is 2. The van der Waals surface area contributed by atoms with E-state index < -0.39 is 0 Å². The molecule has 19 heavy (non-hydrogen) atoms. The molecule has 0 saturated carbocycles. The Hall–Kier alpha value is -0.880. The highest BCUT2D eigenvalue weighted by atomic mass is 79.9. The maximum absolute atomic E-state index is 5.17. The molecule has 1 aliphatic rings. The van der Waals surface area contributed by atoms with Crippen LogP contribution in [0.1, 0.15) is 26.2 Å². The van der Waals surface area contributed by atoms with E-state index in [2.05, 4.69) is 43.0 Å². The molecule has 1 atom stereocenters. The first-order valence-corrected chi connectivity index (χ1v) is 7.54. The number of nitrogens with zero attached hydrogens (tertiary/aromatic N) is 3. The number of anilines is 1. The van der Waals surface area contributed by atoms with E-state index in [1.54, 1.807) is 13.3 Å². The highest BCUT2D eigenvalue weighted by Crippen LogP contribution is 2.22. The zero-order valence-electron chi connectivity index (χ0n) is 11.5. The number of hydrogen-bond acceptors (Lipinski definition) is 5. The van der Waals surface area contributed by atoms with Crippen molar-refractivity contribution in [2.24, 2.45) is 0 Å². The van der Waals surface area contributed by atoms with Gasteiger partial charge in [0.25, 0.3) is 0 Å². The number of nitrogens with one attached hydrogen (secondary N) is 1. The summed E-state index contributed by atoms with van der Waals surface area (Å²) in [5.41, 5.74) is 0. The van der Waals surface area contributed by atoms with Crippen LogP contribution in [0.2, 0.25) is 0 Å². The van der Waals surface area contributed by atoms with Gasteiger partial charge in [0.1, 0.15) is 0 Å². The van der Waals surface area contributed by atoms with Gasteiger partial charge in [-0.15, -0.1) is 0 Å². The molecule has 0 radical (unpaired) electrons. The third-order valence-electron chi connectivity index (χ3n) is 3.26. The SMILES string of the molecule is COc1nc(NC(C)CN2CCCCC2)ncc1Br. The average molecular weight is 329 g/mol. The summed E-state index contributed by atoms with van der Waals surface area (Å²) in [5, 5.41) is 3.33. The predicted octanol–water partition coefficient (Wildman–Crippen LogP) is 2.53. The van der Waals surface area contributed by atoms with Crippen LogP contribution in [0, 0.1) is 0 Å². The van der Waals surface area contributed by atoms with Gasteiger partial charge in [-0.25, -0.2) is 4.98 Å². The van der Waals surface area contributed by atoms with E-state index >= 15 is 0 Å². The van der Waals surface area contributed by atoms with Crippen molar-refractivity contribution in [1.29, 1.82) is 0 Å². The molecule has 0 amide bonds. The second kappa shape index (κ2) is 7.05. The first-order valence-electron chi connectivity index (χ1n) is 6.74. The molecule has 0 bridgehead atoms. The maximum atomic E-state index is 5.17. The second-order valence-corrected chi connectivity index (χ2v) is 5.81. The van der Waals surface area contributed by atoms with Gasteiger partial charge >= 0.3 is 0 Å². The molecule has 1 aromatic rings. The minimum Gasteiger partial charge on any atom is -0.480 e. The first kappa shape index (κ1) is 14.5. The standard InChI is InChI=1S/C13H21BrN4O/c1-10(9-18-6-4-3-5-7-18)16-13-15-8-11(14)12(17-13)19-2/h8,10H,3-7,9H2,1-2H3,(H,15,16,17). The lowest BCUT2D eigenvalue weighted by Gasteiger charge is -2.29. The zero-order valence-corrected chi connectivity index (χ0v) is 13.1. The topological polar surface area (TPSA) is 50.3 Å². The molecule has 2 heterocycles. The summed E-state index contributed by atoms with van der Waals surface area (Å²) in [6.07, 6.45) is 5.71. The summed E-state index contributed by atoms with van der Waals surface area (Å²) in [5.74, 6) is 1.17. The molecule has 5 nitrogen and oxygen atoms in total. The highest BCUT2D eigenvalue weighted by molar-refractivity contribution is 9.10. The zero-order chi connectivity index (χ0) is 13.7. The lowest BCUT2D eigenvalue weighted by atomic mass is 10.1. The molecule has 1 unspecified atom stereocenters. The van der Waals surface area contributed by atoms with Crippen molar-refractivity contribution in [1.82, 2.24) is 14.9 Å². The fourth-order valence-corrected chi connectivity index (χ4v) is 2.71. The molecular formula is C13H21BrN4O. The van der Waals surface area contributed by atoms with Gasteiger partial charge in [0, 0.05) is 12.6 Å². The van der Waals surface area contributed by atoms with Gasteiger partial charge in [-0.1, -0.05) is 6.42 Å². The van der Waals surface area contributed by atoms with Crippen LogP contribution in [0.5, 0.6) is 5.88 Å². The molecule has 106 valence electrons. The normalized spacial score (nSPS) is 18.1. The fraction of sp³-hybridized carbons (Fsp3) is 0.692. The largest absolute Gasteiger partial charge is 0.480 e. The number of rotatable bonds is 5. The van der Waals surface area contributed by atoms with Crippen LogP contribution in [-0.4, -0.2) is 47.7 Å². The predicted molar refractivity (Wildman–Crippen MR) is 79.7 cm³/mol. The Labute approximate surface area is 122 Å². The molecule has 1 N–H and O–H groups in total. The van der Waals surface area contributed by atoms with Gasteiger partial charge < -0.3 is 15.0 Å². The van der Waals surface area contributed by atoms with E-state index in [9.17, 15) is 0 Å². The van der Waals surface area contributed by atoms with Gasteiger partial charge in [0.2, 0.25) is 11.8 Å². The van der Waals surface area contributed by atoms with Crippen LogP contribution >= 0.6 is 15.9 Å². The van der Waals surface area contributed by atoms with Crippen molar-refractivity contribution in [2.75, 3.05) is 32.1 Å². The Morgan fingerprint density at radius 3 is 2.84 bits per heavy atom. The van der Waals surface area contributed by atoms with Crippen molar-refractivity contribution < 1.29 is 4.74 Å². The molecule has 1 aliphatic heterocycles. The quantitative estimate of drug-likeness (QED) is 0.900. The van der Waals surface area contributed by atoms with E-state index in [1.165, 1.54) is 32.4 Å². The van der Waals surface area contributed by atoms with E-state index in [0.29, 0.717) is 17.9 Å². The fourth-order valence-electron chi connectivity index (χ4n) is 2.36. The van der Waals surface area contributed by atoms with Crippen LogP contribution in [-0.2, 0) is 0 Å². The summed E-state index contributed by atoms with van der Waals surface area (Å²) in [6.45, 7) is 5.60. The summed E-state index contributed by atoms with van der Waals surface area (Å²) in [4.78, 5) is 11.1. The van der Waals surface area contributed by atoms with Gasteiger partial charge in [-0.05, 0) is 48.8 Å². The Morgan fingerprint density at radius 2 is 2.16 bits per heavy atom. The minimum atomic E-state index is 0.323. The van der Waals surface area contributed by atoms with Gasteiger partial charge in [0.05, 0.1) is 17.8 Å². The number of hydrogen-bond donors (Lipinski definition) is 1. The number of piperidine rings is 1. The molecular weight excluding hydrogens is 308 g/mol. The molecule has 1 fully saturated rings. The molecule has 2 rings (SSSR count). The molecule has 0 spiro atoms. The van der Waals surface area contributed by atoms with Crippen LogP contribution < -0.4 is 10.1 Å². The Bertz CT molecular complexity index is 410. The Kier molecular flexibility index (Phi) is 5.39. The summed E-state index contributed by atoms with van der Waals surface area (Å²) in [6, 6.07) is 0.323. The van der Waals surface area contributed by atoms with Crippen molar-refractivity contribution in [3.8, 4) is 5.88 Å². The van der Waals surface area contributed by atoms with Crippen LogP contribution in [0.25, 0.3) is 0 Å². The summed E-state index contributed by atoms with van der Waals surface area (Å²) < 4.78 is 5.94. The van der Waals surface area contributed by atoms with Crippen molar-refractivity contribution >= 4 is 21.9 Å². The monoisotopic (exact) mass is 328 g/mol. The third-order valence-corrected chi connectivity index (χ3v) is 3.81. The third kappa shape index (κ3) is 4.31. The summed E-state index contributed by atoms with van der Waals surface area (Å²) >= 11 is 3.35. The number of halogens is 1. The van der Waals surface area contributed by atoms with Crippen LogP contribution in [0.3, 0.4) is 0 Å². The molecule has 0 aromatic carbocycles. The first-order chi connectivity index (χ1) is 9.19. The molecule has 0 aliphatic carbocycles. The number of ether oxygens (including phenoxy) is 1. The van der Waals surface area contributed by atoms with Crippen molar-refractivity contribution in [3.05, 3.63) is 10.7 Å². The lowest BCUT2D eigenvalue weighted by Crippen LogP contribution is -2.38. The van der Waals surface area contributed by atoms with E-state index in [-0.39, 0.29) is 0 Å². The smallest absolute Gasteiger partial charge is 0.232 e. The molecule has 1 aromatic heterocycles. The summed E-state index contributed by atoms with van der Waals surface area (Å²) in [7, 11) is 1.61. The minimum absolute atomic E-state index is 0.323. The van der Waals surface area contributed by atoms with Crippen LogP contribution in [0.4, 0.5) is 5.95 Å². The lowest BCUT2D eigenvalue weighted by molar-refractivity contribution is 0.223. The van der Waals surface area contributed by atoms with Crippen molar-refractivity contribution in [3.63, 3.8) is 0 Å². The van der Waals surface area contributed by atoms with Gasteiger partial charge in [-0.2, -0.15) is 4.98 Å². The van der Waals surface area contributed by atoms with E-state index in [0.717, 1.165) is 11.0 Å². The number of likely N-dealkylation sites (tertiary alicyclic amines) is 1. The second-order valence-electron chi connectivity index (χ2n) is 4.96. The Balaban J connectivity index is 1.88. The molecule has 6 heteroatoms. The van der Waals surface area contributed by atoms with Crippen molar-refractivity contribution in [2.45, 2.75) is 32.2 Å². The number of methoxy groups -OCH3 is 1. The van der Waals surface area contributed by atoms with Gasteiger partial charge in [0.15, 0.2) is 0 Å². The molecule has 1 saturated heterocycles.